The van der Waals surface area contributed by atoms with Gasteiger partial charge in [0.25, 0.3) is 5.91 Å². The number of aryl methyl sites for hydroxylation is 1. The molecule has 3 heterocycles. The smallest absolute Gasteiger partial charge is 0.257 e. The summed E-state index contributed by atoms with van der Waals surface area (Å²) in [6.07, 6.45) is 2.62. The lowest BCUT2D eigenvalue weighted by Gasteiger charge is -2.21. The first kappa shape index (κ1) is 17.4. The number of aromatic amines is 1. The molecule has 0 atom stereocenters. The molecule has 2 N–H and O–H groups in total. The molecule has 4 aromatic rings. The van der Waals surface area contributed by atoms with Crippen LogP contribution in [0, 0.1) is 6.92 Å². The summed E-state index contributed by atoms with van der Waals surface area (Å²) in [5.74, 6) is -0.172. The van der Waals surface area contributed by atoms with Gasteiger partial charge in [0.15, 0.2) is 5.65 Å². The number of aromatic nitrogens is 3. The highest BCUT2D eigenvalue weighted by atomic mass is 16.1. The first-order valence-electron chi connectivity index (χ1n) is 9.72. The largest absolute Gasteiger partial charge is 0.367 e. The Balaban J connectivity index is 1.39. The fourth-order valence-corrected chi connectivity index (χ4v) is 3.89. The Morgan fingerprint density at radius 1 is 1.17 bits per heavy atom. The van der Waals surface area contributed by atoms with Gasteiger partial charge in [-0.1, -0.05) is 36.4 Å². The van der Waals surface area contributed by atoms with Gasteiger partial charge in [0, 0.05) is 41.7 Å². The van der Waals surface area contributed by atoms with Gasteiger partial charge in [-0.05, 0) is 42.7 Å². The Morgan fingerprint density at radius 3 is 2.93 bits per heavy atom. The van der Waals surface area contributed by atoms with Crippen molar-refractivity contribution in [2.45, 2.75) is 19.9 Å². The number of H-pyrrole nitrogens is 1. The van der Waals surface area contributed by atoms with Gasteiger partial charge < -0.3 is 10.2 Å². The fourth-order valence-electron chi connectivity index (χ4n) is 3.89. The zero-order valence-electron chi connectivity index (χ0n) is 16.1. The zero-order valence-corrected chi connectivity index (χ0v) is 16.1. The van der Waals surface area contributed by atoms with E-state index in [9.17, 15) is 4.79 Å². The van der Waals surface area contributed by atoms with Crippen molar-refractivity contribution in [1.82, 2.24) is 15.2 Å². The van der Waals surface area contributed by atoms with Crippen molar-refractivity contribution in [2.75, 3.05) is 16.8 Å². The third-order valence-electron chi connectivity index (χ3n) is 5.47. The third kappa shape index (κ3) is 3.23. The van der Waals surface area contributed by atoms with Crippen LogP contribution in [-0.2, 0) is 13.0 Å². The lowest BCUT2D eigenvalue weighted by Crippen LogP contribution is -2.21. The fraction of sp³-hybridized carbons (Fsp3) is 0.174. The van der Waals surface area contributed by atoms with Gasteiger partial charge in [0.1, 0.15) is 0 Å². The number of carbonyl (C=O) groups excluding carboxylic acids is 1. The number of carbonyl (C=O) groups is 1. The molecule has 6 heteroatoms. The molecule has 0 aliphatic carbocycles. The monoisotopic (exact) mass is 383 g/mol. The van der Waals surface area contributed by atoms with Gasteiger partial charge >= 0.3 is 0 Å². The molecule has 144 valence electrons. The predicted molar refractivity (Wildman–Crippen MR) is 114 cm³/mol. The van der Waals surface area contributed by atoms with Crippen molar-refractivity contribution in [1.29, 1.82) is 0 Å². The maximum Gasteiger partial charge on any atom is 0.257 e. The number of fused-ring (bicyclic) bond motifs is 2. The van der Waals surface area contributed by atoms with E-state index in [1.807, 2.05) is 31.2 Å². The van der Waals surface area contributed by atoms with Gasteiger partial charge in [0.05, 0.1) is 5.56 Å². The molecule has 0 spiro atoms. The van der Waals surface area contributed by atoms with Crippen molar-refractivity contribution in [3.8, 4) is 0 Å². The lowest BCUT2D eigenvalue weighted by molar-refractivity contribution is 0.102. The number of anilines is 2. The van der Waals surface area contributed by atoms with Crippen LogP contribution in [0.15, 0.2) is 60.8 Å². The Labute approximate surface area is 168 Å². The second-order valence-corrected chi connectivity index (χ2v) is 7.36. The molecule has 2 aromatic carbocycles. The molecule has 0 radical (unpaired) electrons. The molecule has 29 heavy (non-hydrogen) atoms. The molecule has 1 amide bonds. The van der Waals surface area contributed by atoms with Crippen molar-refractivity contribution in [3.05, 3.63) is 83.2 Å². The van der Waals surface area contributed by atoms with Crippen LogP contribution >= 0.6 is 0 Å². The second-order valence-electron chi connectivity index (χ2n) is 7.36. The number of benzene rings is 2. The molecule has 0 fully saturated rings. The van der Waals surface area contributed by atoms with Gasteiger partial charge in [0.2, 0.25) is 0 Å². The summed E-state index contributed by atoms with van der Waals surface area (Å²) in [6, 6.07) is 18.3. The number of pyridine rings is 1. The van der Waals surface area contributed by atoms with E-state index in [-0.39, 0.29) is 5.91 Å². The molecule has 5 rings (SSSR count). The summed E-state index contributed by atoms with van der Waals surface area (Å²) in [4.78, 5) is 19.5. The number of rotatable bonds is 4. The average Bonchev–Trinajstić information content (AvgIpc) is 3.33. The molecule has 6 nitrogen and oxygen atoms in total. The summed E-state index contributed by atoms with van der Waals surface area (Å²) in [6.45, 7) is 3.66. The minimum atomic E-state index is -0.172. The van der Waals surface area contributed by atoms with E-state index >= 15 is 0 Å². The average molecular weight is 383 g/mol. The minimum absolute atomic E-state index is 0.172. The van der Waals surface area contributed by atoms with E-state index in [0.717, 1.165) is 41.8 Å². The third-order valence-corrected chi connectivity index (χ3v) is 5.47. The number of nitrogens with one attached hydrogen (secondary N) is 2. The van der Waals surface area contributed by atoms with Crippen LogP contribution in [0.1, 0.15) is 27.2 Å². The topological polar surface area (TPSA) is 73.9 Å². The molecule has 1 aliphatic heterocycles. The van der Waals surface area contributed by atoms with Crippen molar-refractivity contribution >= 4 is 28.3 Å². The molecule has 0 bridgehead atoms. The normalized spacial score (nSPS) is 12.9. The molecular weight excluding hydrogens is 362 g/mol. The van der Waals surface area contributed by atoms with Crippen LogP contribution in [0.25, 0.3) is 11.0 Å². The summed E-state index contributed by atoms with van der Waals surface area (Å²) >= 11 is 0. The SMILES string of the molecule is Cc1[nH]nc2ncc(C(=O)Nc3ccccc3CN3CCc4ccccc43)cc12. The number of hydrogen-bond donors (Lipinski definition) is 2. The molecule has 1 aliphatic rings. The number of hydrogen-bond acceptors (Lipinski definition) is 4. The molecular formula is C23H21N5O. The number of amides is 1. The van der Waals surface area contributed by atoms with Crippen LogP contribution in [0.2, 0.25) is 0 Å². The maximum absolute atomic E-state index is 12.9. The lowest BCUT2D eigenvalue weighted by atomic mass is 10.1. The summed E-state index contributed by atoms with van der Waals surface area (Å²) in [5.41, 5.74) is 6.60. The van der Waals surface area contributed by atoms with Gasteiger partial charge in [-0.15, -0.1) is 0 Å². The summed E-state index contributed by atoms with van der Waals surface area (Å²) < 4.78 is 0. The van der Waals surface area contributed by atoms with Crippen LogP contribution in [0.5, 0.6) is 0 Å². The van der Waals surface area contributed by atoms with E-state index in [4.69, 9.17) is 0 Å². The van der Waals surface area contributed by atoms with E-state index in [0.29, 0.717) is 11.2 Å². The van der Waals surface area contributed by atoms with Crippen LogP contribution in [0.3, 0.4) is 0 Å². The van der Waals surface area contributed by atoms with Crippen molar-refractivity contribution in [2.24, 2.45) is 0 Å². The first-order valence-corrected chi connectivity index (χ1v) is 9.72. The maximum atomic E-state index is 12.9. The minimum Gasteiger partial charge on any atom is -0.367 e. The first-order chi connectivity index (χ1) is 14.2. The van der Waals surface area contributed by atoms with Crippen LogP contribution in [0.4, 0.5) is 11.4 Å². The highest BCUT2D eigenvalue weighted by molar-refractivity contribution is 6.06. The standard InChI is InChI=1S/C23H21N5O/c1-15-19-12-18(13-24-22(19)27-26-15)23(29)25-20-8-4-2-7-17(20)14-28-11-10-16-6-3-5-9-21(16)28/h2-9,12-13H,10-11,14H2,1H3,(H,25,29)(H,24,26,27). The quantitative estimate of drug-likeness (QED) is 0.557. The molecule has 0 saturated carbocycles. The Morgan fingerprint density at radius 2 is 2.00 bits per heavy atom. The van der Waals surface area contributed by atoms with E-state index in [1.54, 1.807) is 6.20 Å². The van der Waals surface area contributed by atoms with Crippen LogP contribution in [-0.4, -0.2) is 27.6 Å². The van der Waals surface area contributed by atoms with Gasteiger partial charge in [-0.2, -0.15) is 5.10 Å². The van der Waals surface area contributed by atoms with E-state index in [2.05, 4.69) is 55.7 Å². The highest BCUT2D eigenvalue weighted by Gasteiger charge is 2.20. The molecule has 0 unspecified atom stereocenters. The van der Waals surface area contributed by atoms with E-state index in [1.165, 1.54) is 11.3 Å². The Kier molecular flexibility index (Phi) is 4.24. The van der Waals surface area contributed by atoms with Gasteiger partial charge in [-0.25, -0.2) is 4.98 Å². The summed E-state index contributed by atoms with van der Waals surface area (Å²) in [7, 11) is 0. The number of para-hydroxylation sites is 2. The molecule has 2 aromatic heterocycles. The van der Waals surface area contributed by atoms with Crippen molar-refractivity contribution in [3.63, 3.8) is 0 Å². The Bertz CT molecular complexity index is 1210. The Hall–Kier alpha value is -3.67. The van der Waals surface area contributed by atoms with Gasteiger partial charge in [-0.3, -0.25) is 9.89 Å². The zero-order chi connectivity index (χ0) is 19.8. The predicted octanol–water partition coefficient (Wildman–Crippen LogP) is 4.08. The summed E-state index contributed by atoms with van der Waals surface area (Å²) in [5, 5.41) is 10.9. The molecule has 0 saturated heterocycles. The van der Waals surface area contributed by atoms with Crippen molar-refractivity contribution < 1.29 is 4.79 Å². The number of nitrogens with zero attached hydrogens (tertiary/aromatic N) is 3. The highest BCUT2D eigenvalue weighted by Crippen LogP contribution is 2.30. The van der Waals surface area contributed by atoms with E-state index < -0.39 is 0 Å². The van der Waals surface area contributed by atoms with Crippen LogP contribution < -0.4 is 10.2 Å². The second kappa shape index (κ2) is 7.05.